The summed E-state index contributed by atoms with van der Waals surface area (Å²) >= 11 is 0. The van der Waals surface area contributed by atoms with Crippen LogP contribution < -0.4 is 10.6 Å². The molecule has 0 atom stereocenters. The Morgan fingerprint density at radius 1 is 1.00 bits per heavy atom. The van der Waals surface area contributed by atoms with E-state index < -0.39 is 0 Å². The molecule has 0 amide bonds. The van der Waals surface area contributed by atoms with Crippen molar-refractivity contribution >= 4 is 29.2 Å². The number of allylic oxidation sites excluding steroid dienone is 1. The molecule has 1 heterocycles. The maximum absolute atomic E-state index is 8.89. The molecule has 3 aromatic rings. The number of rotatable bonds is 6. The average Bonchev–Trinajstić information content (AvgIpc) is 2.72. The summed E-state index contributed by atoms with van der Waals surface area (Å²) in [7, 11) is 0. The van der Waals surface area contributed by atoms with Crippen LogP contribution in [0.5, 0.6) is 0 Å². The van der Waals surface area contributed by atoms with Gasteiger partial charge in [-0.05, 0) is 73.0 Å². The second kappa shape index (κ2) is 9.16. The van der Waals surface area contributed by atoms with Crippen molar-refractivity contribution in [2.75, 3.05) is 10.6 Å². The summed E-state index contributed by atoms with van der Waals surface area (Å²) in [6, 6.07) is 17.3. The van der Waals surface area contributed by atoms with Crippen LogP contribution in [0.15, 0.2) is 54.7 Å². The van der Waals surface area contributed by atoms with Crippen LogP contribution in [0, 0.1) is 36.5 Å². The van der Waals surface area contributed by atoms with Gasteiger partial charge in [0.2, 0.25) is 5.95 Å². The highest BCUT2D eigenvalue weighted by molar-refractivity contribution is 5.69. The van der Waals surface area contributed by atoms with E-state index in [1.807, 2.05) is 44.2 Å². The summed E-state index contributed by atoms with van der Waals surface area (Å²) in [6.07, 6.45) is 5.89. The molecule has 3 rings (SSSR count). The Morgan fingerprint density at radius 3 is 2.38 bits per heavy atom. The van der Waals surface area contributed by atoms with Crippen LogP contribution in [-0.4, -0.2) is 9.97 Å². The number of aryl methyl sites for hydroxylation is 2. The third kappa shape index (κ3) is 5.18. The van der Waals surface area contributed by atoms with Gasteiger partial charge >= 0.3 is 0 Å². The lowest BCUT2D eigenvalue weighted by molar-refractivity contribution is 1.16. The summed E-state index contributed by atoms with van der Waals surface area (Å²) in [4.78, 5) is 8.78. The van der Waals surface area contributed by atoms with Crippen molar-refractivity contribution < 1.29 is 0 Å². The van der Waals surface area contributed by atoms with Crippen molar-refractivity contribution in [3.63, 3.8) is 0 Å². The highest BCUT2D eigenvalue weighted by Gasteiger charge is 2.07. The molecule has 0 fully saturated rings. The molecule has 1 aromatic heterocycles. The molecule has 0 aliphatic carbocycles. The maximum Gasteiger partial charge on any atom is 0.229 e. The molecule has 142 valence electrons. The largest absolute Gasteiger partial charge is 0.340 e. The standard InChI is InChI=1S/C23H20N6/c1-16-13-19(5-3-4-11-24)14-17(2)22(16)28-21-10-12-26-23(29-21)27-20-8-6-18(15-25)7-9-20/h3,5-10,12-14H,4H2,1-2H3,(H2,26,27,28,29)/b5-3+. The van der Waals surface area contributed by atoms with Gasteiger partial charge < -0.3 is 10.6 Å². The Balaban J connectivity index is 1.77. The van der Waals surface area contributed by atoms with Gasteiger partial charge in [-0.25, -0.2) is 4.98 Å². The number of hydrogen-bond acceptors (Lipinski definition) is 6. The normalized spacial score (nSPS) is 10.3. The smallest absolute Gasteiger partial charge is 0.229 e. The van der Waals surface area contributed by atoms with E-state index in [1.165, 1.54) is 0 Å². The zero-order chi connectivity index (χ0) is 20.6. The first-order valence-electron chi connectivity index (χ1n) is 9.11. The van der Waals surface area contributed by atoms with Crippen molar-refractivity contribution in [1.29, 1.82) is 10.5 Å². The Kier molecular flexibility index (Phi) is 6.19. The highest BCUT2D eigenvalue weighted by Crippen LogP contribution is 2.26. The van der Waals surface area contributed by atoms with Crippen molar-refractivity contribution in [2.24, 2.45) is 0 Å². The van der Waals surface area contributed by atoms with Gasteiger partial charge in [-0.15, -0.1) is 0 Å². The lowest BCUT2D eigenvalue weighted by atomic mass is 10.0. The summed E-state index contributed by atoms with van der Waals surface area (Å²) in [5.74, 6) is 1.14. The van der Waals surface area contributed by atoms with Crippen molar-refractivity contribution in [3.8, 4) is 12.1 Å². The Hall–Kier alpha value is -4.16. The number of nitriles is 2. The number of hydrogen-bond donors (Lipinski definition) is 2. The van der Waals surface area contributed by atoms with E-state index in [0.29, 0.717) is 23.8 Å². The second-order valence-corrected chi connectivity index (χ2v) is 6.50. The number of nitrogens with one attached hydrogen (secondary N) is 2. The quantitative estimate of drug-likeness (QED) is 0.596. The van der Waals surface area contributed by atoms with E-state index in [2.05, 4.69) is 44.9 Å². The van der Waals surface area contributed by atoms with Gasteiger partial charge in [0.1, 0.15) is 5.82 Å². The third-order valence-electron chi connectivity index (χ3n) is 4.25. The molecule has 0 aliphatic rings. The van der Waals surface area contributed by atoms with Crippen LogP contribution in [0.3, 0.4) is 0 Å². The van der Waals surface area contributed by atoms with E-state index in [1.54, 1.807) is 18.3 Å². The van der Waals surface area contributed by atoms with Crippen LogP contribution in [0.25, 0.3) is 6.08 Å². The molecule has 6 nitrogen and oxygen atoms in total. The van der Waals surface area contributed by atoms with Crippen LogP contribution in [0.2, 0.25) is 0 Å². The fourth-order valence-corrected chi connectivity index (χ4v) is 2.91. The fourth-order valence-electron chi connectivity index (χ4n) is 2.91. The molecule has 0 saturated heterocycles. The summed E-state index contributed by atoms with van der Waals surface area (Å²) in [5, 5.41) is 24.1. The van der Waals surface area contributed by atoms with Gasteiger partial charge in [0.05, 0.1) is 24.1 Å². The van der Waals surface area contributed by atoms with E-state index in [-0.39, 0.29) is 0 Å². The van der Waals surface area contributed by atoms with E-state index in [0.717, 1.165) is 28.1 Å². The van der Waals surface area contributed by atoms with E-state index in [4.69, 9.17) is 10.5 Å². The molecule has 0 aliphatic heterocycles. The van der Waals surface area contributed by atoms with Crippen LogP contribution in [-0.2, 0) is 0 Å². The van der Waals surface area contributed by atoms with E-state index in [9.17, 15) is 0 Å². The minimum Gasteiger partial charge on any atom is -0.340 e. The number of benzene rings is 2. The van der Waals surface area contributed by atoms with Gasteiger partial charge in [0, 0.05) is 17.6 Å². The van der Waals surface area contributed by atoms with Gasteiger partial charge in [-0.3, -0.25) is 0 Å². The molecule has 0 radical (unpaired) electrons. The lowest BCUT2D eigenvalue weighted by Gasteiger charge is -2.14. The molecule has 29 heavy (non-hydrogen) atoms. The minimum absolute atomic E-state index is 0.397. The number of nitrogens with zero attached hydrogens (tertiary/aromatic N) is 4. The van der Waals surface area contributed by atoms with Gasteiger partial charge in [0.25, 0.3) is 0 Å². The SMILES string of the molecule is Cc1cc(/C=C/CC#N)cc(C)c1Nc1ccnc(Nc2ccc(C#N)cc2)n1. The zero-order valence-electron chi connectivity index (χ0n) is 16.3. The summed E-state index contributed by atoms with van der Waals surface area (Å²) < 4.78 is 0. The second-order valence-electron chi connectivity index (χ2n) is 6.50. The van der Waals surface area contributed by atoms with Gasteiger partial charge in [0.15, 0.2) is 0 Å². The van der Waals surface area contributed by atoms with Gasteiger partial charge in [-0.2, -0.15) is 15.5 Å². The average molecular weight is 380 g/mol. The monoisotopic (exact) mass is 380 g/mol. The molecule has 0 saturated carbocycles. The van der Waals surface area contributed by atoms with Crippen LogP contribution in [0.4, 0.5) is 23.1 Å². The van der Waals surface area contributed by atoms with Crippen molar-refractivity contribution in [3.05, 3.63) is 77.0 Å². The molecular weight excluding hydrogens is 360 g/mol. The lowest BCUT2D eigenvalue weighted by Crippen LogP contribution is -2.02. The third-order valence-corrected chi connectivity index (χ3v) is 4.25. The van der Waals surface area contributed by atoms with Crippen LogP contribution >= 0.6 is 0 Å². The summed E-state index contributed by atoms with van der Waals surface area (Å²) in [5.41, 5.74) is 5.63. The molecule has 0 unspecified atom stereocenters. The molecule has 2 aromatic carbocycles. The predicted octanol–water partition coefficient (Wildman–Crippen LogP) is 5.38. The van der Waals surface area contributed by atoms with Gasteiger partial charge in [-0.1, -0.05) is 12.2 Å². The summed E-state index contributed by atoms with van der Waals surface area (Å²) in [6.45, 7) is 4.07. The zero-order valence-corrected chi connectivity index (χ0v) is 16.3. The maximum atomic E-state index is 8.89. The Morgan fingerprint density at radius 2 is 1.72 bits per heavy atom. The first-order valence-corrected chi connectivity index (χ1v) is 9.11. The molecule has 0 spiro atoms. The number of aromatic nitrogens is 2. The van der Waals surface area contributed by atoms with Crippen molar-refractivity contribution in [2.45, 2.75) is 20.3 Å². The molecule has 6 heteroatoms. The number of anilines is 4. The molecule has 0 bridgehead atoms. The topological polar surface area (TPSA) is 97.4 Å². The Bertz CT molecular complexity index is 1090. The predicted molar refractivity (Wildman–Crippen MR) is 115 cm³/mol. The fraction of sp³-hybridized carbons (Fsp3) is 0.130. The first kappa shape index (κ1) is 19.6. The minimum atomic E-state index is 0.397. The van der Waals surface area contributed by atoms with Crippen LogP contribution in [0.1, 0.15) is 28.7 Å². The van der Waals surface area contributed by atoms with E-state index >= 15 is 0 Å². The molecule has 2 N–H and O–H groups in total. The first-order chi connectivity index (χ1) is 14.1. The highest BCUT2D eigenvalue weighted by atomic mass is 15.1. The molecular formula is C23H20N6. The van der Waals surface area contributed by atoms with Crippen molar-refractivity contribution in [1.82, 2.24) is 9.97 Å². The Labute approximate surface area is 170 Å².